The Morgan fingerprint density at radius 2 is 2.21 bits per heavy atom. The summed E-state index contributed by atoms with van der Waals surface area (Å²) < 4.78 is 0. The Labute approximate surface area is 148 Å². The van der Waals surface area contributed by atoms with Crippen LogP contribution >= 0.6 is 22.7 Å². The van der Waals surface area contributed by atoms with Gasteiger partial charge in [0.1, 0.15) is 0 Å². The van der Waals surface area contributed by atoms with Gasteiger partial charge in [0.25, 0.3) is 5.91 Å². The van der Waals surface area contributed by atoms with E-state index < -0.39 is 0 Å². The normalized spacial score (nSPS) is 15.2. The van der Waals surface area contributed by atoms with E-state index in [2.05, 4.69) is 15.6 Å². The van der Waals surface area contributed by atoms with Gasteiger partial charge in [0.2, 0.25) is 5.91 Å². The standard InChI is InChI=1S/C16H20N4O2S2/c1-20(15(22)12-3-2-8-23-12)10-14(21)19-16-18-9-13(24-16)11-4-6-17-7-5-11/h2-3,8-9,11,17H,4-7,10H2,1H3,(H,18,19,21). The van der Waals surface area contributed by atoms with Gasteiger partial charge in [-0.3, -0.25) is 9.59 Å². The topological polar surface area (TPSA) is 74.3 Å². The molecule has 1 aliphatic heterocycles. The summed E-state index contributed by atoms with van der Waals surface area (Å²) >= 11 is 2.90. The van der Waals surface area contributed by atoms with Gasteiger partial charge in [-0.25, -0.2) is 4.98 Å². The van der Waals surface area contributed by atoms with Crippen molar-refractivity contribution in [1.29, 1.82) is 0 Å². The predicted molar refractivity (Wildman–Crippen MR) is 96.9 cm³/mol. The molecule has 0 atom stereocenters. The number of carbonyl (C=O) groups excluding carboxylic acids is 2. The number of hydrogen-bond donors (Lipinski definition) is 2. The summed E-state index contributed by atoms with van der Waals surface area (Å²) in [7, 11) is 1.63. The van der Waals surface area contributed by atoms with Crippen molar-refractivity contribution in [3.8, 4) is 0 Å². The van der Waals surface area contributed by atoms with Gasteiger partial charge in [0, 0.05) is 18.1 Å². The summed E-state index contributed by atoms with van der Waals surface area (Å²) in [4.78, 5) is 31.8. The highest BCUT2D eigenvalue weighted by Crippen LogP contribution is 2.31. The highest BCUT2D eigenvalue weighted by Gasteiger charge is 2.19. The first kappa shape index (κ1) is 17.1. The van der Waals surface area contributed by atoms with E-state index in [9.17, 15) is 9.59 Å². The summed E-state index contributed by atoms with van der Waals surface area (Å²) in [6, 6.07) is 3.58. The lowest BCUT2D eigenvalue weighted by Crippen LogP contribution is -2.34. The van der Waals surface area contributed by atoms with Crippen LogP contribution in [0.15, 0.2) is 23.7 Å². The van der Waals surface area contributed by atoms with Crippen LogP contribution in [0.25, 0.3) is 0 Å². The number of nitrogens with zero attached hydrogens (tertiary/aromatic N) is 2. The van der Waals surface area contributed by atoms with Gasteiger partial charge in [-0.05, 0) is 43.3 Å². The molecule has 0 radical (unpaired) electrons. The number of thiazole rings is 1. The summed E-state index contributed by atoms with van der Waals surface area (Å²) in [6.07, 6.45) is 4.07. The lowest BCUT2D eigenvalue weighted by molar-refractivity contribution is -0.116. The molecule has 8 heteroatoms. The lowest BCUT2D eigenvalue weighted by atomic mass is 9.97. The summed E-state index contributed by atoms with van der Waals surface area (Å²) in [6.45, 7) is 2.07. The molecule has 6 nitrogen and oxygen atoms in total. The van der Waals surface area contributed by atoms with Crippen molar-refractivity contribution in [1.82, 2.24) is 15.2 Å². The van der Waals surface area contributed by atoms with Crippen LogP contribution in [0, 0.1) is 0 Å². The quantitative estimate of drug-likeness (QED) is 0.854. The largest absolute Gasteiger partial charge is 0.332 e. The molecule has 3 rings (SSSR count). The molecule has 1 aliphatic rings. The predicted octanol–water partition coefficient (Wildman–Crippen LogP) is 2.38. The number of amides is 2. The van der Waals surface area contributed by atoms with Gasteiger partial charge in [-0.2, -0.15) is 0 Å². The lowest BCUT2D eigenvalue weighted by Gasteiger charge is -2.20. The number of likely N-dealkylation sites (N-methyl/N-ethyl adjacent to an activating group) is 1. The van der Waals surface area contributed by atoms with E-state index in [1.54, 1.807) is 13.1 Å². The van der Waals surface area contributed by atoms with Crippen molar-refractivity contribution in [3.63, 3.8) is 0 Å². The molecule has 0 aliphatic carbocycles. The van der Waals surface area contributed by atoms with E-state index >= 15 is 0 Å². The first-order valence-electron chi connectivity index (χ1n) is 7.89. The minimum Gasteiger partial charge on any atom is -0.332 e. The van der Waals surface area contributed by atoms with Crippen LogP contribution in [0.5, 0.6) is 0 Å². The first-order valence-corrected chi connectivity index (χ1v) is 9.58. The SMILES string of the molecule is CN(CC(=O)Nc1ncc(C2CCNCC2)s1)C(=O)c1cccs1. The molecule has 0 saturated carbocycles. The first-order chi connectivity index (χ1) is 11.6. The Bertz CT molecular complexity index is 693. The van der Waals surface area contributed by atoms with Crippen LogP contribution in [0.1, 0.15) is 33.3 Å². The fourth-order valence-electron chi connectivity index (χ4n) is 2.67. The molecule has 0 unspecified atom stereocenters. The Kier molecular flexibility index (Phi) is 5.60. The minimum atomic E-state index is -0.228. The third-order valence-corrected chi connectivity index (χ3v) is 5.90. The van der Waals surface area contributed by atoms with Gasteiger partial charge in [0.15, 0.2) is 5.13 Å². The summed E-state index contributed by atoms with van der Waals surface area (Å²) in [5.74, 6) is 0.154. The van der Waals surface area contributed by atoms with E-state index in [0.717, 1.165) is 25.9 Å². The van der Waals surface area contributed by atoms with Crippen molar-refractivity contribution in [3.05, 3.63) is 33.5 Å². The Balaban J connectivity index is 1.53. The summed E-state index contributed by atoms with van der Waals surface area (Å²) in [5.41, 5.74) is 0. The second kappa shape index (κ2) is 7.87. The molecule has 0 spiro atoms. The molecule has 2 aromatic heterocycles. The minimum absolute atomic E-state index is 0.0129. The van der Waals surface area contributed by atoms with Crippen molar-refractivity contribution in [2.75, 3.05) is 32.0 Å². The molecule has 1 fully saturated rings. The molecule has 24 heavy (non-hydrogen) atoms. The van der Waals surface area contributed by atoms with Crippen molar-refractivity contribution >= 4 is 39.6 Å². The molecule has 2 N–H and O–H groups in total. The van der Waals surface area contributed by atoms with Crippen LogP contribution in [-0.4, -0.2) is 48.4 Å². The summed E-state index contributed by atoms with van der Waals surface area (Å²) in [5, 5.41) is 8.59. The van der Waals surface area contributed by atoms with Crippen LogP contribution < -0.4 is 10.6 Å². The average molecular weight is 364 g/mol. The van der Waals surface area contributed by atoms with Crippen LogP contribution in [0.4, 0.5) is 5.13 Å². The fraction of sp³-hybridized carbons (Fsp3) is 0.438. The van der Waals surface area contributed by atoms with Crippen molar-refractivity contribution < 1.29 is 9.59 Å². The molecule has 3 heterocycles. The van der Waals surface area contributed by atoms with E-state index in [1.165, 1.54) is 32.5 Å². The van der Waals surface area contributed by atoms with Crippen molar-refractivity contribution in [2.24, 2.45) is 0 Å². The Morgan fingerprint density at radius 1 is 1.42 bits per heavy atom. The van der Waals surface area contributed by atoms with Gasteiger partial charge in [0.05, 0.1) is 11.4 Å². The number of nitrogens with one attached hydrogen (secondary N) is 2. The second-order valence-electron chi connectivity index (χ2n) is 5.78. The van der Waals surface area contributed by atoms with E-state index in [1.807, 2.05) is 17.6 Å². The molecular weight excluding hydrogens is 344 g/mol. The maximum atomic E-state index is 12.1. The number of hydrogen-bond acceptors (Lipinski definition) is 6. The van der Waals surface area contributed by atoms with Gasteiger partial charge >= 0.3 is 0 Å². The maximum absolute atomic E-state index is 12.1. The molecule has 0 bridgehead atoms. The maximum Gasteiger partial charge on any atom is 0.264 e. The number of aromatic nitrogens is 1. The number of rotatable bonds is 5. The highest BCUT2D eigenvalue weighted by molar-refractivity contribution is 7.15. The highest BCUT2D eigenvalue weighted by atomic mass is 32.1. The smallest absolute Gasteiger partial charge is 0.264 e. The number of carbonyl (C=O) groups is 2. The molecule has 0 aromatic carbocycles. The number of piperidine rings is 1. The van der Waals surface area contributed by atoms with Crippen LogP contribution in [-0.2, 0) is 4.79 Å². The van der Waals surface area contributed by atoms with E-state index in [0.29, 0.717) is 15.9 Å². The molecule has 2 amide bonds. The molecule has 128 valence electrons. The van der Waals surface area contributed by atoms with Crippen LogP contribution in [0.2, 0.25) is 0 Å². The van der Waals surface area contributed by atoms with Gasteiger partial charge in [-0.15, -0.1) is 22.7 Å². The third kappa shape index (κ3) is 4.19. The van der Waals surface area contributed by atoms with Crippen molar-refractivity contribution in [2.45, 2.75) is 18.8 Å². The number of anilines is 1. The Morgan fingerprint density at radius 3 is 2.92 bits per heavy atom. The monoisotopic (exact) mass is 364 g/mol. The second-order valence-corrected chi connectivity index (χ2v) is 7.79. The molecular formula is C16H20N4O2S2. The molecule has 1 saturated heterocycles. The zero-order chi connectivity index (χ0) is 16.9. The fourth-order valence-corrected chi connectivity index (χ4v) is 4.39. The zero-order valence-electron chi connectivity index (χ0n) is 13.4. The Hall–Kier alpha value is -1.77. The van der Waals surface area contributed by atoms with Crippen LogP contribution in [0.3, 0.4) is 0 Å². The average Bonchev–Trinajstić information content (AvgIpc) is 3.26. The third-order valence-electron chi connectivity index (χ3n) is 3.97. The molecule has 2 aromatic rings. The van der Waals surface area contributed by atoms with E-state index in [4.69, 9.17) is 0 Å². The van der Waals surface area contributed by atoms with Gasteiger partial charge < -0.3 is 15.5 Å². The van der Waals surface area contributed by atoms with E-state index in [-0.39, 0.29) is 18.4 Å². The van der Waals surface area contributed by atoms with Gasteiger partial charge in [-0.1, -0.05) is 6.07 Å². The number of thiophene rings is 1. The zero-order valence-corrected chi connectivity index (χ0v) is 15.1.